The molecular formula is C24H21ClF3N7O3. The van der Waals surface area contributed by atoms with Crippen molar-refractivity contribution in [3.05, 3.63) is 64.3 Å². The van der Waals surface area contributed by atoms with Gasteiger partial charge in [-0.15, -0.1) is 0 Å². The Labute approximate surface area is 219 Å². The standard InChI is InChI=1S/C24H21ClF3N7O3/c1-10(31)34-24(35-16-4-13(25)8-32-17(16)6-30)23-21(36)20(22-18(38-23)9-37-22)33-7-12(5-29)11-2-14(26)19(28)15(27)3-11/h2-5,7-8,18,20-23,29,33,36H,9H2,1H3,(H2,31,34,35)/b12-7+,29-5?. The Morgan fingerprint density at radius 1 is 1.32 bits per heavy atom. The van der Waals surface area contributed by atoms with Crippen molar-refractivity contribution in [1.29, 1.82) is 16.1 Å². The number of nitrogens with one attached hydrogen (secondary N) is 4. The normalized spacial score (nSPS) is 25.0. The van der Waals surface area contributed by atoms with Crippen LogP contribution in [0.3, 0.4) is 0 Å². The van der Waals surface area contributed by atoms with Gasteiger partial charge < -0.3 is 30.6 Å². The summed E-state index contributed by atoms with van der Waals surface area (Å²) in [5.74, 6) is -4.58. The molecule has 1 aromatic heterocycles. The number of aliphatic imine (C=N–C) groups is 1. The Balaban J connectivity index is 1.64. The average Bonchev–Trinajstić information content (AvgIpc) is 2.85. The number of anilines is 1. The maximum atomic E-state index is 13.7. The zero-order chi connectivity index (χ0) is 27.6. The summed E-state index contributed by atoms with van der Waals surface area (Å²) in [5.41, 5.74) is 0.0689. The lowest BCUT2D eigenvalue weighted by Crippen LogP contribution is -2.70. The van der Waals surface area contributed by atoms with Crippen LogP contribution in [0.15, 0.2) is 35.6 Å². The van der Waals surface area contributed by atoms with Gasteiger partial charge in [0, 0.05) is 24.2 Å². The summed E-state index contributed by atoms with van der Waals surface area (Å²) in [6.07, 6.45) is -0.275. The molecule has 14 heteroatoms. The molecule has 3 heterocycles. The summed E-state index contributed by atoms with van der Waals surface area (Å²) in [7, 11) is 0. The zero-order valence-electron chi connectivity index (χ0n) is 19.7. The first-order valence-corrected chi connectivity index (χ1v) is 11.5. The third kappa shape index (κ3) is 5.53. The zero-order valence-corrected chi connectivity index (χ0v) is 20.4. The largest absolute Gasteiger partial charge is 0.388 e. The number of aliphatic hydroxyl groups is 1. The van der Waals surface area contributed by atoms with Crippen molar-refractivity contribution < 1.29 is 27.8 Å². The lowest BCUT2D eigenvalue weighted by molar-refractivity contribution is -0.259. The van der Waals surface area contributed by atoms with Crippen LogP contribution in [0.25, 0.3) is 5.57 Å². The minimum absolute atomic E-state index is 0.0000642. The number of amidine groups is 2. The number of rotatable bonds is 6. The maximum Gasteiger partial charge on any atom is 0.194 e. The Hall–Kier alpha value is -3.83. The van der Waals surface area contributed by atoms with Crippen LogP contribution in [0.4, 0.5) is 18.9 Å². The lowest BCUT2D eigenvalue weighted by atomic mass is 9.88. The van der Waals surface area contributed by atoms with Gasteiger partial charge in [0.25, 0.3) is 0 Å². The molecule has 198 valence electrons. The van der Waals surface area contributed by atoms with E-state index in [-0.39, 0.29) is 45.8 Å². The van der Waals surface area contributed by atoms with E-state index < -0.39 is 47.9 Å². The van der Waals surface area contributed by atoms with Gasteiger partial charge >= 0.3 is 0 Å². The Kier molecular flexibility index (Phi) is 8.08. The predicted molar refractivity (Wildman–Crippen MR) is 133 cm³/mol. The van der Waals surface area contributed by atoms with Crippen molar-refractivity contribution in [3.63, 3.8) is 0 Å². The first-order valence-electron chi connectivity index (χ1n) is 11.2. The number of benzene rings is 1. The van der Waals surface area contributed by atoms with E-state index in [9.17, 15) is 23.5 Å². The molecule has 0 spiro atoms. The molecule has 5 atom stereocenters. The third-order valence-corrected chi connectivity index (χ3v) is 6.06. The number of hydrogen-bond acceptors (Lipinski definition) is 8. The highest BCUT2D eigenvalue weighted by molar-refractivity contribution is 6.30. The van der Waals surface area contributed by atoms with E-state index in [0.29, 0.717) is 0 Å². The number of ether oxygens (including phenoxy) is 2. The van der Waals surface area contributed by atoms with Gasteiger partial charge in [0.15, 0.2) is 23.1 Å². The molecule has 2 aromatic rings. The molecule has 0 amide bonds. The number of fused-ring (bicyclic) bond motifs is 1. The summed E-state index contributed by atoms with van der Waals surface area (Å²) in [6, 6.07) is 3.98. The number of nitrogens with zero attached hydrogens (tertiary/aromatic N) is 3. The van der Waals surface area contributed by atoms with Crippen LogP contribution in [-0.2, 0) is 9.47 Å². The number of halogens is 4. The van der Waals surface area contributed by atoms with Gasteiger partial charge in [-0.25, -0.2) is 23.1 Å². The van der Waals surface area contributed by atoms with E-state index in [0.717, 1.165) is 18.3 Å². The third-order valence-electron chi connectivity index (χ3n) is 5.86. The van der Waals surface area contributed by atoms with Gasteiger partial charge in [0.2, 0.25) is 0 Å². The van der Waals surface area contributed by atoms with Crippen molar-refractivity contribution in [1.82, 2.24) is 10.3 Å². The van der Waals surface area contributed by atoms with E-state index in [1.807, 2.05) is 6.07 Å². The number of aromatic nitrogens is 1. The highest BCUT2D eigenvalue weighted by Crippen LogP contribution is 2.32. The Morgan fingerprint density at radius 3 is 2.61 bits per heavy atom. The highest BCUT2D eigenvalue weighted by atomic mass is 35.5. The highest BCUT2D eigenvalue weighted by Gasteiger charge is 2.52. The fourth-order valence-corrected chi connectivity index (χ4v) is 4.19. The molecule has 10 nitrogen and oxygen atoms in total. The fourth-order valence-electron chi connectivity index (χ4n) is 4.03. The van der Waals surface area contributed by atoms with E-state index in [4.69, 9.17) is 31.9 Å². The van der Waals surface area contributed by atoms with Gasteiger partial charge in [-0.3, -0.25) is 5.41 Å². The lowest BCUT2D eigenvalue weighted by Gasteiger charge is -2.50. The second kappa shape index (κ2) is 11.3. The molecule has 0 saturated carbocycles. The van der Waals surface area contributed by atoms with Crippen LogP contribution < -0.4 is 10.6 Å². The van der Waals surface area contributed by atoms with Gasteiger partial charge in [-0.2, -0.15) is 5.26 Å². The molecule has 38 heavy (non-hydrogen) atoms. The molecule has 0 bridgehead atoms. The summed E-state index contributed by atoms with van der Waals surface area (Å²) in [5, 5.41) is 42.2. The summed E-state index contributed by atoms with van der Waals surface area (Å²) in [6.45, 7) is 1.60. The molecule has 2 saturated heterocycles. The maximum absolute atomic E-state index is 13.7. The van der Waals surface area contributed by atoms with Gasteiger partial charge in [0.05, 0.1) is 23.4 Å². The van der Waals surface area contributed by atoms with E-state index in [2.05, 4.69) is 20.6 Å². The predicted octanol–water partition coefficient (Wildman–Crippen LogP) is 3.01. The molecule has 5 N–H and O–H groups in total. The van der Waals surface area contributed by atoms with Crippen molar-refractivity contribution in [3.8, 4) is 6.07 Å². The molecule has 0 aliphatic carbocycles. The summed E-state index contributed by atoms with van der Waals surface area (Å²) >= 11 is 6.02. The van der Waals surface area contributed by atoms with E-state index in [1.54, 1.807) is 0 Å². The van der Waals surface area contributed by atoms with Crippen LogP contribution in [0.5, 0.6) is 0 Å². The number of nitriles is 1. The molecule has 4 rings (SSSR count). The summed E-state index contributed by atoms with van der Waals surface area (Å²) in [4.78, 5) is 8.09. The van der Waals surface area contributed by atoms with Gasteiger partial charge in [-0.05, 0) is 30.7 Å². The van der Waals surface area contributed by atoms with Crippen LogP contribution in [-0.4, -0.2) is 65.0 Å². The van der Waals surface area contributed by atoms with E-state index in [1.165, 1.54) is 25.4 Å². The molecule has 1 aromatic carbocycles. The molecule has 0 radical (unpaired) electrons. The SMILES string of the molecule is CC(=N)/N=C(\Nc1cc(Cl)cnc1C#N)C1OC2COC2C(N/C=C(\C=N)c2cc(F)c(F)c(F)c2)C1O. The fraction of sp³-hybridized carbons (Fsp3) is 0.292. The number of allylic oxidation sites excluding steroid dienone is 1. The van der Waals surface area contributed by atoms with Gasteiger partial charge in [-0.1, -0.05) is 11.6 Å². The minimum atomic E-state index is -1.63. The minimum Gasteiger partial charge on any atom is -0.388 e. The molecule has 2 fully saturated rings. The van der Waals surface area contributed by atoms with Crippen molar-refractivity contribution >= 4 is 40.7 Å². The van der Waals surface area contributed by atoms with Crippen LogP contribution >= 0.6 is 11.6 Å². The molecule has 2 aliphatic heterocycles. The first-order chi connectivity index (χ1) is 18.1. The van der Waals surface area contributed by atoms with E-state index >= 15 is 0 Å². The van der Waals surface area contributed by atoms with Crippen molar-refractivity contribution in [2.45, 2.75) is 37.4 Å². The molecule has 2 aliphatic rings. The molecular weight excluding hydrogens is 527 g/mol. The summed E-state index contributed by atoms with van der Waals surface area (Å²) < 4.78 is 52.4. The van der Waals surface area contributed by atoms with Crippen LogP contribution in [0.1, 0.15) is 18.2 Å². The number of hydrogen-bond donors (Lipinski definition) is 5. The Morgan fingerprint density at radius 2 is 2.03 bits per heavy atom. The monoisotopic (exact) mass is 547 g/mol. The topological polar surface area (TPSA) is 159 Å². The Bertz CT molecular complexity index is 1360. The molecule has 5 unspecified atom stereocenters. The van der Waals surface area contributed by atoms with Crippen molar-refractivity contribution in [2.24, 2.45) is 4.99 Å². The van der Waals surface area contributed by atoms with Crippen LogP contribution in [0.2, 0.25) is 5.02 Å². The van der Waals surface area contributed by atoms with Crippen molar-refractivity contribution in [2.75, 3.05) is 11.9 Å². The van der Waals surface area contributed by atoms with Crippen LogP contribution in [0, 0.1) is 39.6 Å². The smallest absolute Gasteiger partial charge is 0.194 e. The van der Waals surface area contributed by atoms with Gasteiger partial charge in [0.1, 0.15) is 42.2 Å². The average molecular weight is 548 g/mol. The first kappa shape index (κ1) is 27.2. The second-order valence-corrected chi connectivity index (χ2v) is 8.88. The second-order valence-electron chi connectivity index (χ2n) is 8.44. The quantitative estimate of drug-likeness (QED) is 0.211. The number of pyridine rings is 1. The number of aliphatic hydroxyl groups excluding tert-OH is 1.